The summed E-state index contributed by atoms with van der Waals surface area (Å²) in [6.07, 6.45) is -0.770. The molecule has 0 atom stereocenters. The fourth-order valence-electron chi connectivity index (χ4n) is 1.98. The Morgan fingerprint density at radius 3 is 2.38 bits per heavy atom. The Morgan fingerprint density at radius 1 is 1.04 bits per heavy atom. The molecule has 24 heavy (non-hydrogen) atoms. The van der Waals surface area contributed by atoms with E-state index in [9.17, 15) is 19.5 Å². The molecule has 2 aromatic carbocycles. The molecule has 0 heterocycles. The van der Waals surface area contributed by atoms with Crippen molar-refractivity contribution in [3.05, 3.63) is 59.7 Å². The van der Waals surface area contributed by atoms with Crippen LogP contribution in [-0.2, 0) is 16.1 Å². The number of rotatable bonds is 5. The van der Waals surface area contributed by atoms with Crippen LogP contribution in [0.2, 0.25) is 0 Å². The maximum absolute atomic E-state index is 11.8. The van der Waals surface area contributed by atoms with E-state index in [0.717, 1.165) is 5.56 Å². The first-order valence-electron chi connectivity index (χ1n) is 7.08. The molecule has 3 N–H and O–H groups in total. The molecule has 7 heteroatoms. The van der Waals surface area contributed by atoms with E-state index >= 15 is 0 Å². The second kappa shape index (κ2) is 7.77. The molecule has 0 aliphatic heterocycles. The number of carbonyl (C=O) groups excluding carboxylic acids is 2. The van der Waals surface area contributed by atoms with Gasteiger partial charge in [-0.05, 0) is 23.8 Å². The fourth-order valence-corrected chi connectivity index (χ4v) is 1.98. The van der Waals surface area contributed by atoms with Gasteiger partial charge in [-0.2, -0.15) is 0 Å². The van der Waals surface area contributed by atoms with Crippen LogP contribution in [0.3, 0.4) is 0 Å². The smallest absolute Gasteiger partial charge is 0.411 e. The van der Waals surface area contributed by atoms with Crippen molar-refractivity contribution in [2.45, 2.75) is 13.5 Å². The molecule has 0 radical (unpaired) electrons. The molecule has 0 aromatic heterocycles. The van der Waals surface area contributed by atoms with Crippen LogP contribution in [0.4, 0.5) is 16.2 Å². The van der Waals surface area contributed by atoms with E-state index < -0.39 is 12.1 Å². The Balaban J connectivity index is 2.06. The first kappa shape index (κ1) is 17.0. The number of hydrogen-bond donors (Lipinski definition) is 3. The number of benzene rings is 2. The average molecular weight is 328 g/mol. The van der Waals surface area contributed by atoms with E-state index in [0.29, 0.717) is 5.69 Å². The minimum Gasteiger partial charge on any atom is -0.478 e. The van der Waals surface area contributed by atoms with Crippen molar-refractivity contribution >= 4 is 29.3 Å². The molecule has 7 nitrogen and oxygen atoms in total. The lowest BCUT2D eigenvalue weighted by Gasteiger charge is -2.11. The number of carbonyl (C=O) groups is 3. The van der Waals surface area contributed by atoms with Gasteiger partial charge >= 0.3 is 12.1 Å². The number of amides is 2. The SMILES string of the molecule is CC(=O)Nc1ccc(NC(=O)OCc2ccccc2)c(C(=O)O)c1. The van der Waals surface area contributed by atoms with Crippen LogP contribution in [0, 0.1) is 0 Å². The van der Waals surface area contributed by atoms with E-state index in [4.69, 9.17) is 4.74 Å². The number of aromatic carboxylic acids is 1. The van der Waals surface area contributed by atoms with Crippen LogP contribution < -0.4 is 10.6 Å². The molecular weight excluding hydrogens is 312 g/mol. The summed E-state index contributed by atoms with van der Waals surface area (Å²) in [5.41, 5.74) is 1.06. The summed E-state index contributed by atoms with van der Waals surface area (Å²) in [4.78, 5) is 34.2. The first-order valence-corrected chi connectivity index (χ1v) is 7.08. The van der Waals surface area contributed by atoms with Crippen LogP contribution in [-0.4, -0.2) is 23.1 Å². The monoisotopic (exact) mass is 328 g/mol. The largest absolute Gasteiger partial charge is 0.478 e. The second-order valence-electron chi connectivity index (χ2n) is 4.93. The van der Waals surface area contributed by atoms with Gasteiger partial charge in [0.25, 0.3) is 0 Å². The molecule has 0 fully saturated rings. The standard InChI is InChI=1S/C17H16N2O5/c1-11(20)18-13-7-8-15(14(9-13)16(21)22)19-17(23)24-10-12-5-3-2-4-6-12/h2-9H,10H2,1H3,(H,18,20)(H,19,23)(H,21,22). The molecule has 0 saturated carbocycles. The molecule has 0 bridgehead atoms. The average Bonchev–Trinajstić information content (AvgIpc) is 2.54. The third-order valence-electron chi connectivity index (χ3n) is 3.02. The molecule has 0 spiro atoms. The summed E-state index contributed by atoms with van der Waals surface area (Å²) < 4.78 is 5.05. The maximum atomic E-state index is 11.8. The van der Waals surface area contributed by atoms with Gasteiger partial charge in [0.05, 0.1) is 11.3 Å². The Bertz CT molecular complexity index is 759. The normalized spacial score (nSPS) is 9.88. The van der Waals surface area contributed by atoms with E-state index in [1.807, 2.05) is 18.2 Å². The highest BCUT2D eigenvalue weighted by molar-refractivity contribution is 6.00. The molecule has 0 aliphatic carbocycles. The van der Waals surface area contributed by atoms with Gasteiger partial charge < -0.3 is 15.2 Å². The molecule has 2 aromatic rings. The lowest BCUT2D eigenvalue weighted by molar-refractivity contribution is -0.114. The van der Waals surface area contributed by atoms with Crippen LogP contribution >= 0.6 is 0 Å². The van der Waals surface area contributed by atoms with Crippen LogP contribution in [0.25, 0.3) is 0 Å². The van der Waals surface area contributed by atoms with Gasteiger partial charge in [0, 0.05) is 12.6 Å². The molecule has 2 rings (SSSR count). The Kier molecular flexibility index (Phi) is 5.51. The molecule has 0 unspecified atom stereocenters. The second-order valence-corrected chi connectivity index (χ2v) is 4.93. The zero-order chi connectivity index (χ0) is 17.5. The number of ether oxygens (including phenoxy) is 1. The van der Waals surface area contributed by atoms with Crippen molar-refractivity contribution < 1.29 is 24.2 Å². The zero-order valence-corrected chi connectivity index (χ0v) is 12.9. The van der Waals surface area contributed by atoms with Crippen molar-refractivity contribution in [1.29, 1.82) is 0 Å². The molecule has 0 aliphatic rings. The van der Waals surface area contributed by atoms with Gasteiger partial charge in [-0.15, -0.1) is 0 Å². The molecular formula is C17H16N2O5. The van der Waals surface area contributed by atoms with Crippen molar-refractivity contribution in [3.8, 4) is 0 Å². The number of anilines is 2. The third kappa shape index (κ3) is 4.84. The maximum Gasteiger partial charge on any atom is 0.411 e. The van der Waals surface area contributed by atoms with Crippen molar-refractivity contribution in [2.24, 2.45) is 0 Å². The lowest BCUT2D eigenvalue weighted by atomic mass is 10.1. The summed E-state index contributed by atoms with van der Waals surface area (Å²) in [7, 11) is 0. The van der Waals surface area contributed by atoms with E-state index in [2.05, 4.69) is 10.6 Å². The summed E-state index contributed by atoms with van der Waals surface area (Å²) in [6.45, 7) is 1.38. The van der Waals surface area contributed by atoms with E-state index in [-0.39, 0.29) is 23.8 Å². The third-order valence-corrected chi connectivity index (χ3v) is 3.02. The predicted molar refractivity (Wildman–Crippen MR) is 88.0 cm³/mol. The van der Waals surface area contributed by atoms with Crippen LogP contribution in [0.5, 0.6) is 0 Å². The quantitative estimate of drug-likeness (QED) is 0.782. The van der Waals surface area contributed by atoms with Gasteiger partial charge in [0.15, 0.2) is 0 Å². The van der Waals surface area contributed by atoms with Crippen LogP contribution in [0.1, 0.15) is 22.8 Å². The summed E-state index contributed by atoms with van der Waals surface area (Å²) >= 11 is 0. The minimum absolute atomic E-state index is 0.0685. The van der Waals surface area contributed by atoms with Gasteiger partial charge in [-0.3, -0.25) is 10.1 Å². The Labute approximate surface area is 138 Å². The molecule has 124 valence electrons. The van der Waals surface area contributed by atoms with Gasteiger partial charge in [-0.25, -0.2) is 9.59 Å². The van der Waals surface area contributed by atoms with E-state index in [1.54, 1.807) is 12.1 Å². The summed E-state index contributed by atoms with van der Waals surface area (Å²) in [6, 6.07) is 13.2. The zero-order valence-electron chi connectivity index (χ0n) is 12.9. The Morgan fingerprint density at radius 2 is 1.75 bits per heavy atom. The van der Waals surface area contributed by atoms with Gasteiger partial charge in [0.2, 0.25) is 5.91 Å². The predicted octanol–water partition coefficient (Wildman–Crippen LogP) is 3.09. The van der Waals surface area contributed by atoms with E-state index in [1.165, 1.54) is 25.1 Å². The van der Waals surface area contributed by atoms with Crippen molar-refractivity contribution in [2.75, 3.05) is 10.6 Å². The Hall–Kier alpha value is -3.35. The lowest BCUT2D eigenvalue weighted by Crippen LogP contribution is -2.16. The number of hydrogen-bond acceptors (Lipinski definition) is 4. The van der Waals surface area contributed by atoms with Crippen molar-refractivity contribution in [1.82, 2.24) is 0 Å². The molecule has 2 amide bonds. The van der Waals surface area contributed by atoms with Gasteiger partial charge in [-0.1, -0.05) is 30.3 Å². The highest BCUT2D eigenvalue weighted by Crippen LogP contribution is 2.21. The summed E-state index contributed by atoms with van der Waals surface area (Å²) in [5.74, 6) is -1.56. The van der Waals surface area contributed by atoms with Crippen molar-refractivity contribution in [3.63, 3.8) is 0 Å². The highest BCUT2D eigenvalue weighted by atomic mass is 16.5. The minimum atomic E-state index is -1.24. The topological polar surface area (TPSA) is 105 Å². The van der Waals surface area contributed by atoms with Crippen LogP contribution in [0.15, 0.2) is 48.5 Å². The number of carboxylic acids is 1. The molecule has 0 saturated heterocycles. The number of nitrogens with one attached hydrogen (secondary N) is 2. The van der Waals surface area contributed by atoms with Gasteiger partial charge in [0.1, 0.15) is 6.61 Å². The highest BCUT2D eigenvalue weighted by Gasteiger charge is 2.14. The first-order chi connectivity index (χ1) is 11.5. The number of carboxylic acid groups (broad SMARTS) is 1. The fraction of sp³-hybridized carbons (Fsp3) is 0.118. The summed E-state index contributed by atoms with van der Waals surface area (Å²) in [5, 5.41) is 14.1.